The van der Waals surface area contributed by atoms with E-state index in [1.807, 2.05) is 32.9 Å². The van der Waals surface area contributed by atoms with E-state index in [9.17, 15) is 4.79 Å². The number of aromatic nitrogens is 4. The number of nitrogen functional groups attached to an aromatic ring is 1. The molecule has 3 aromatic rings. The van der Waals surface area contributed by atoms with Crippen LogP contribution in [0.4, 0.5) is 5.95 Å². The van der Waals surface area contributed by atoms with Crippen LogP contribution < -0.4 is 11.1 Å². The fraction of sp³-hybridized carbons (Fsp3) is 0.294. The maximum absolute atomic E-state index is 12.5. The van der Waals surface area contributed by atoms with Gasteiger partial charge in [0.2, 0.25) is 11.9 Å². The number of nitrogens with two attached hydrogens (primary N) is 1. The molecule has 3 N–H and O–H groups in total. The SMILES string of the molecule is Cc1nc2nc(N)nn2c(C)c1CC(=O)N[C@H](C)c1ccc(Cl)cc1. The Morgan fingerprint density at radius 2 is 1.96 bits per heavy atom. The number of nitrogens with one attached hydrogen (secondary N) is 1. The normalized spacial score (nSPS) is 12.3. The van der Waals surface area contributed by atoms with Crippen molar-refractivity contribution in [3.05, 3.63) is 51.8 Å². The van der Waals surface area contributed by atoms with Gasteiger partial charge in [-0.2, -0.15) is 9.50 Å². The highest BCUT2D eigenvalue weighted by Gasteiger charge is 2.17. The molecule has 7 nitrogen and oxygen atoms in total. The summed E-state index contributed by atoms with van der Waals surface area (Å²) in [6, 6.07) is 7.29. The molecule has 0 aliphatic rings. The lowest BCUT2D eigenvalue weighted by atomic mass is 10.1. The molecule has 2 heterocycles. The monoisotopic (exact) mass is 358 g/mol. The molecule has 25 heavy (non-hydrogen) atoms. The number of halogens is 1. The molecule has 0 aliphatic heterocycles. The Bertz CT molecular complexity index is 934. The summed E-state index contributed by atoms with van der Waals surface area (Å²) in [4.78, 5) is 20.9. The van der Waals surface area contributed by atoms with Crippen LogP contribution in [0.25, 0.3) is 5.78 Å². The second-order valence-corrected chi connectivity index (χ2v) is 6.40. The lowest BCUT2D eigenvalue weighted by Crippen LogP contribution is -2.29. The van der Waals surface area contributed by atoms with E-state index in [1.54, 1.807) is 16.6 Å². The molecule has 0 fully saturated rings. The molecule has 3 rings (SSSR count). The van der Waals surface area contributed by atoms with Gasteiger partial charge in [0.05, 0.1) is 12.5 Å². The molecule has 130 valence electrons. The van der Waals surface area contributed by atoms with E-state index in [4.69, 9.17) is 17.3 Å². The fourth-order valence-electron chi connectivity index (χ4n) is 2.77. The maximum atomic E-state index is 12.5. The maximum Gasteiger partial charge on any atom is 0.254 e. The summed E-state index contributed by atoms with van der Waals surface area (Å²) in [5.74, 6) is 0.502. The standard InChI is InChI=1S/C17H19ClN6O/c1-9(12-4-6-13(18)7-5-12)20-15(25)8-14-10(2)21-17-22-16(19)23-24(17)11(14)3/h4-7,9H,8H2,1-3H3,(H2,19,23)(H,20,25)/t9-/m1/s1. The first-order valence-corrected chi connectivity index (χ1v) is 8.26. The molecule has 1 atom stereocenters. The van der Waals surface area contributed by atoms with E-state index >= 15 is 0 Å². The van der Waals surface area contributed by atoms with E-state index in [0.29, 0.717) is 10.8 Å². The van der Waals surface area contributed by atoms with E-state index in [-0.39, 0.29) is 24.3 Å². The summed E-state index contributed by atoms with van der Waals surface area (Å²) >= 11 is 5.90. The van der Waals surface area contributed by atoms with Crippen LogP contribution in [0.1, 0.15) is 35.5 Å². The Kier molecular flexibility index (Phi) is 4.59. The fourth-order valence-corrected chi connectivity index (χ4v) is 2.89. The molecule has 0 saturated carbocycles. The largest absolute Gasteiger partial charge is 0.366 e. The summed E-state index contributed by atoms with van der Waals surface area (Å²) in [5, 5.41) is 7.77. The van der Waals surface area contributed by atoms with Crippen molar-refractivity contribution in [2.24, 2.45) is 0 Å². The third-order valence-electron chi connectivity index (χ3n) is 4.15. The van der Waals surface area contributed by atoms with Crippen molar-refractivity contribution in [1.29, 1.82) is 0 Å². The number of carbonyl (C=O) groups excluding carboxylic acids is 1. The first-order chi connectivity index (χ1) is 11.8. The second-order valence-electron chi connectivity index (χ2n) is 5.96. The Morgan fingerprint density at radius 1 is 1.28 bits per heavy atom. The van der Waals surface area contributed by atoms with Crippen LogP contribution in [0, 0.1) is 13.8 Å². The van der Waals surface area contributed by atoms with Crippen molar-refractivity contribution >= 4 is 29.2 Å². The van der Waals surface area contributed by atoms with Crippen LogP contribution in [-0.4, -0.2) is 25.5 Å². The molecule has 1 aromatic carbocycles. The van der Waals surface area contributed by atoms with Gasteiger partial charge in [0.15, 0.2) is 0 Å². The van der Waals surface area contributed by atoms with Crippen molar-refractivity contribution < 1.29 is 4.79 Å². The average Bonchev–Trinajstić information content (AvgIpc) is 2.92. The number of benzene rings is 1. The van der Waals surface area contributed by atoms with Crippen molar-refractivity contribution in [3.63, 3.8) is 0 Å². The molecule has 0 radical (unpaired) electrons. The first-order valence-electron chi connectivity index (χ1n) is 7.88. The van der Waals surface area contributed by atoms with Crippen LogP contribution in [0.3, 0.4) is 0 Å². The smallest absolute Gasteiger partial charge is 0.254 e. The number of carbonyl (C=O) groups is 1. The Balaban J connectivity index is 1.78. The number of anilines is 1. The number of hydrogen-bond acceptors (Lipinski definition) is 5. The van der Waals surface area contributed by atoms with Crippen molar-refractivity contribution in [1.82, 2.24) is 24.9 Å². The van der Waals surface area contributed by atoms with Crippen LogP contribution in [0.2, 0.25) is 5.02 Å². The molecule has 0 unspecified atom stereocenters. The number of rotatable bonds is 4. The topological polar surface area (TPSA) is 98.2 Å². The number of aryl methyl sites for hydroxylation is 2. The van der Waals surface area contributed by atoms with Crippen LogP contribution in [0.15, 0.2) is 24.3 Å². The van der Waals surface area contributed by atoms with Crippen molar-refractivity contribution in [2.45, 2.75) is 33.2 Å². The lowest BCUT2D eigenvalue weighted by molar-refractivity contribution is -0.121. The predicted molar refractivity (Wildman–Crippen MR) is 96.4 cm³/mol. The quantitative estimate of drug-likeness (QED) is 0.746. The third-order valence-corrected chi connectivity index (χ3v) is 4.40. The minimum absolute atomic E-state index is 0.0945. The summed E-state index contributed by atoms with van der Waals surface area (Å²) < 4.78 is 1.56. The van der Waals surface area contributed by atoms with Crippen LogP contribution in [-0.2, 0) is 11.2 Å². The average molecular weight is 359 g/mol. The molecule has 0 spiro atoms. The summed E-state index contributed by atoms with van der Waals surface area (Å²) in [5.41, 5.74) is 8.99. The Morgan fingerprint density at radius 3 is 2.64 bits per heavy atom. The van der Waals surface area contributed by atoms with Gasteiger partial charge in [-0.3, -0.25) is 4.79 Å². The minimum atomic E-state index is -0.121. The molecule has 1 amide bonds. The van der Waals surface area contributed by atoms with Crippen molar-refractivity contribution in [3.8, 4) is 0 Å². The minimum Gasteiger partial charge on any atom is -0.366 e. The molecule has 8 heteroatoms. The summed E-state index contributed by atoms with van der Waals surface area (Å²) in [6.07, 6.45) is 0.207. The zero-order valence-electron chi connectivity index (χ0n) is 14.2. The van der Waals surface area contributed by atoms with Crippen LogP contribution in [0.5, 0.6) is 0 Å². The van der Waals surface area contributed by atoms with Crippen molar-refractivity contribution in [2.75, 3.05) is 5.73 Å². The van der Waals surface area contributed by atoms with Gasteiger partial charge in [-0.25, -0.2) is 4.98 Å². The zero-order chi connectivity index (χ0) is 18.1. The highest BCUT2D eigenvalue weighted by Crippen LogP contribution is 2.18. The third kappa shape index (κ3) is 3.56. The molecule has 0 bridgehead atoms. The summed E-state index contributed by atoms with van der Waals surface area (Å²) in [6.45, 7) is 5.66. The van der Waals surface area contributed by atoms with Gasteiger partial charge in [0.25, 0.3) is 5.78 Å². The summed E-state index contributed by atoms with van der Waals surface area (Å²) in [7, 11) is 0. The van der Waals surface area contributed by atoms with Gasteiger partial charge in [-0.1, -0.05) is 23.7 Å². The van der Waals surface area contributed by atoms with Gasteiger partial charge in [0.1, 0.15) is 0 Å². The van der Waals surface area contributed by atoms with E-state index in [2.05, 4.69) is 20.4 Å². The molecule has 2 aromatic heterocycles. The molecular weight excluding hydrogens is 340 g/mol. The highest BCUT2D eigenvalue weighted by molar-refractivity contribution is 6.30. The van der Waals surface area contributed by atoms with E-state index in [1.165, 1.54) is 0 Å². The second kappa shape index (κ2) is 6.68. The van der Waals surface area contributed by atoms with E-state index in [0.717, 1.165) is 22.5 Å². The Hall–Kier alpha value is -2.67. The van der Waals surface area contributed by atoms with Gasteiger partial charge in [0, 0.05) is 22.0 Å². The lowest BCUT2D eigenvalue weighted by Gasteiger charge is -2.16. The number of fused-ring (bicyclic) bond motifs is 1. The van der Waals surface area contributed by atoms with Gasteiger partial charge in [-0.15, -0.1) is 5.10 Å². The first kappa shape index (κ1) is 17.2. The molecule has 0 saturated heterocycles. The number of hydrogen-bond donors (Lipinski definition) is 2. The molecular formula is C17H19ClN6O. The number of nitrogens with zero attached hydrogens (tertiary/aromatic N) is 4. The highest BCUT2D eigenvalue weighted by atomic mass is 35.5. The van der Waals surface area contributed by atoms with E-state index < -0.39 is 0 Å². The Labute approximate surface area is 150 Å². The van der Waals surface area contributed by atoms with Gasteiger partial charge in [-0.05, 0) is 38.5 Å². The van der Waals surface area contributed by atoms with Gasteiger partial charge >= 0.3 is 0 Å². The zero-order valence-corrected chi connectivity index (χ0v) is 15.0. The molecule has 0 aliphatic carbocycles. The van der Waals surface area contributed by atoms with Gasteiger partial charge < -0.3 is 11.1 Å². The predicted octanol–water partition coefficient (Wildman–Crippen LogP) is 2.40. The van der Waals surface area contributed by atoms with Crippen LogP contribution >= 0.6 is 11.6 Å². The number of amides is 1.